The van der Waals surface area contributed by atoms with Gasteiger partial charge in [-0.1, -0.05) is 27.7 Å². The quantitative estimate of drug-likeness (QED) is 0.363. The van der Waals surface area contributed by atoms with Gasteiger partial charge in [0.2, 0.25) is 0 Å². The van der Waals surface area contributed by atoms with Crippen LogP contribution in [-0.4, -0.2) is 62.8 Å². The van der Waals surface area contributed by atoms with E-state index in [0.717, 1.165) is 25.6 Å². The minimum atomic E-state index is 0. The first-order valence-corrected chi connectivity index (χ1v) is 8.71. The Balaban J connectivity index is 0.00000484. The van der Waals surface area contributed by atoms with Crippen LogP contribution in [0.15, 0.2) is 4.99 Å². The van der Waals surface area contributed by atoms with Crippen LogP contribution in [0.25, 0.3) is 0 Å². The van der Waals surface area contributed by atoms with E-state index in [4.69, 9.17) is 9.73 Å². The third kappa shape index (κ3) is 8.03. The molecule has 0 spiro atoms. The molecule has 1 heterocycles. The molecule has 138 valence electrons. The fraction of sp³-hybridized carbons (Fsp3) is 0.941. The SMILES string of the molecule is CCNC(=NCC(OC)C(C)(C)C)NCC1CCCN1CC.I. The summed E-state index contributed by atoms with van der Waals surface area (Å²) in [6, 6.07) is 0.634. The molecule has 0 aromatic rings. The molecule has 0 aromatic heterocycles. The third-order valence-electron chi connectivity index (χ3n) is 4.42. The molecule has 1 rings (SSSR count). The molecule has 0 aliphatic carbocycles. The zero-order valence-corrected chi connectivity index (χ0v) is 18.1. The number of guanidine groups is 1. The van der Waals surface area contributed by atoms with Gasteiger partial charge in [0.1, 0.15) is 0 Å². The van der Waals surface area contributed by atoms with Crippen LogP contribution in [0.4, 0.5) is 0 Å². The van der Waals surface area contributed by atoms with Crippen molar-refractivity contribution in [1.29, 1.82) is 0 Å². The Labute approximate surface area is 160 Å². The lowest BCUT2D eigenvalue weighted by molar-refractivity contribution is 0.0241. The molecular weight excluding hydrogens is 403 g/mol. The van der Waals surface area contributed by atoms with Gasteiger partial charge in [-0.25, -0.2) is 0 Å². The van der Waals surface area contributed by atoms with Gasteiger partial charge in [0, 0.05) is 26.2 Å². The van der Waals surface area contributed by atoms with Gasteiger partial charge >= 0.3 is 0 Å². The van der Waals surface area contributed by atoms with Crippen LogP contribution < -0.4 is 10.6 Å². The van der Waals surface area contributed by atoms with Crippen molar-refractivity contribution < 1.29 is 4.74 Å². The second-order valence-electron chi connectivity index (χ2n) is 7.12. The molecule has 23 heavy (non-hydrogen) atoms. The van der Waals surface area contributed by atoms with E-state index in [1.807, 2.05) is 0 Å². The summed E-state index contributed by atoms with van der Waals surface area (Å²) in [4.78, 5) is 7.26. The van der Waals surface area contributed by atoms with Gasteiger partial charge in [-0.3, -0.25) is 9.89 Å². The molecular formula is C17H37IN4O. The maximum atomic E-state index is 5.58. The number of ether oxygens (including phenoxy) is 1. The topological polar surface area (TPSA) is 48.9 Å². The standard InChI is InChI=1S/C17H36N4O.HI/c1-7-18-16(20-13-15(22-6)17(3,4)5)19-12-14-10-9-11-21(14)8-2;/h14-15H,7-13H2,1-6H3,(H2,18,19,20);1H. The van der Waals surface area contributed by atoms with Crippen LogP contribution in [0.2, 0.25) is 0 Å². The number of aliphatic imine (C=N–C) groups is 1. The van der Waals surface area contributed by atoms with Crippen LogP contribution in [0.5, 0.6) is 0 Å². The molecule has 2 N–H and O–H groups in total. The summed E-state index contributed by atoms with van der Waals surface area (Å²) in [7, 11) is 1.77. The summed E-state index contributed by atoms with van der Waals surface area (Å²) in [5.41, 5.74) is 0.0973. The van der Waals surface area contributed by atoms with E-state index in [-0.39, 0.29) is 35.5 Å². The molecule has 0 aromatic carbocycles. The number of likely N-dealkylation sites (N-methyl/N-ethyl adjacent to an activating group) is 1. The van der Waals surface area contributed by atoms with Gasteiger partial charge in [0.25, 0.3) is 0 Å². The summed E-state index contributed by atoms with van der Waals surface area (Å²) in [6.45, 7) is 15.8. The lowest BCUT2D eigenvalue weighted by atomic mass is 9.89. The van der Waals surface area contributed by atoms with Crippen LogP contribution in [0, 0.1) is 5.41 Å². The van der Waals surface area contributed by atoms with Gasteiger partial charge in [-0.15, -0.1) is 24.0 Å². The van der Waals surface area contributed by atoms with Gasteiger partial charge in [0.05, 0.1) is 12.6 Å². The van der Waals surface area contributed by atoms with Crippen molar-refractivity contribution >= 4 is 29.9 Å². The minimum Gasteiger partial charge on any atom is -0.379 e. The molecule has 0 radical (unpaired) electrons. The molecule has 0 saturated carbocycles. The highest BCUT2D eigenvalue weighted by atomic mass is 127. The summed E-state index contributed by atoms with van der Waals surface area (Å²) >= 11 is 0. The average Bonchev–Trinajstić information content (AvgIpc) is 2.91. The second kappa shape index (κ2) is 11.5. The van der Waals surface area contributed by atoms with Crippen molar-refractivity contribution in [3.05, 3.63) is 0 Å². The Morgan fingerprint density at radius 3 is 2.52 bits per heavy atom. The van der Waals surface area contributed by atoms with Gasteiger partial charge < -0.3 is 15.4 Å². The Hall–Kier alpha value is -0.0800. The monoisotopic (exact) mass is 440 g/mol. The smallest absolute Gasteiger partial charge is 0.191 e. The van der Waals surface area contributed by atoms with Crippen LogP contribution in [0.3, 0.4) is 0 Å². The maximum absolute atomic E-state index is 5.58. The summed E-state index contributed by atoms with van der Waals surface area (Å²) in [6.07, 6.45) is 2.72. The van der Waals surface area contributed by atoms with E-state index >= 15 is 0 Å². The molecule has 0 bridgehead atoms. The van der Waals surface area contributed by atoms with Crippen molar-refractivity contribution in [2.24, 2.45) is 10.4 Å². The Morgan fingerprint density at radius 1 is 1.30 bits per heavy atom. The van der Waals surface area contributed by atoms with Crippen molar-refractivity contribution in [1.82, 2.24) is 15.5 Å². The molecule has 1 fully saturated rings. The lowest BCUT2D eigenvalue weighted by Crippen LogP contribution is -2.45. The number of likely N-dealkylation sites (tertiary alicyclic amines) is 1. The molecule has 6 heteroatoms. The molecule has 2 unspecified atom stereocenters. The molecule has 1 saturated heterocycles. The van der Waals surface area contributed by atoms with Crippen LogP contribution in [-0.2, 0) is 4.74 Å². The first kappa shape index (κ1) is 22.9. The van der Waals surface area contributed by atoms with Gasteiger partial charge in [-0.2, -0.15) is 0 Å². The predicted octanol–water partition coefficient (Wildman–Crippen LogP) is 2.70. The van der Waals surface area contributed by atoms with Crippen LogP contribution in [0.1, 0.15) is 47.5 Å². The normalized spacial score (nSPS) is 21.0. The molecule has 2 atom stereocenters. The highest BCUT2D eigenvalue weighted by Gasteiger charge is 2.25. The average molecular weight is 440 g/mol. The van der Waals surface area contributed by atoms with E-state index in [1.54, 1.807) is 7.11 Å². The number of methoxy groups -OCH3 is 1. The second-order valence-corrected chi connectivity index (χ2v) is 7.12. The van der Waals surface area contributed by atoms with E-state index in [2.05, 4.69) is 50.2 Å². The number of nitrogens with zero attached hydrogens (tertiary/aromatic N) is 2. The van der Waals surface area contributed by atoms with Crippen molar-refractivity contribution in [2.75, 3.05) is 39.8 Å². The minimum absolute atomic E-state index is 0. The highest BCUT2D eigenvalue weighted by Crippen LogP contribution is 2.21. The Kier molecular flexibility index (Phi) is 11.4. The van der Waals surface area contributed by atoms with E-state index in [1.165, 1.54) is 19.4 Å². The predicted molar refractivity (Wildman–Crippen MR) is 110 cm³/mol. The first-order chi connectivity index (χ1) is 10.4. The zero-order chi connectivity index (χ0) is 16.6. The van der Waals surface area contributed by atoms with Crippen molar-refractivity contribution in [3.63, 3.8) is 0 Å². The number of halogens is 1. The van der Waals surface area contributed by atoms with E-state index in [9.17, 15) is 0 Å². The zero-order valence-electron chi connectivity index (χ0n) is 15.8. The van der Waals surface area contributed by atoms with Gasteiger partial charge in [-0.05, 0) is 38.3 Å². The van der Waals surface area contributed by atoms with E-state index in [0.29, 0.717) is 12.6 Å². The Morgan fingerprint density at radius 2 is 2.00 bits per heavy atom. The maximum Gasteiger partial charge on any atom is 0.191 e. The first-order valence-electron chi connectivity index (χ1n) is 8.71. The fourth-order valence-corrected chi connectivity index (χ4v) is 2.98. The van der Waals surface area contributed by atoms with Crippen molar-refractivity contribution in [2.45, 2.75) is 59.6 Å². The molecule has 1 aliphatic rings. The number of hydrogen-bond donors (Lipinski definition) is 2. The van der Waals surface area contributed by atoms with Gasteiger partial charge in [0.15, 0.2) is 5.96 Å². The summed E-state index contributed by atoms with van der Waals surface area (Å²) in [5, 5.41) is 6.83. The van der Waals surface area contributed by atoms with Crippen LogP contribution >= 0.6 is 24.0 Å². The summed E-state index contributed by atoms with van der Waals surface area (Å²) in [5.74, 6) is 0.900. The molecule has 0 amide bonds. The lowest BCUT2D eigenvalue weighted by Gasteiger charge is -2.28. The fourth-order valence-electron chi connectivity index (χ4n) is 2.98. The third-order valence-corrected chi connectivity index (χ3v) is 4.42. The van der Waals surface area contributed by atoms with Crippen molar-refractivity contribution in [3.8, 4) is 0 Å². The molecule has 1 aliphatic heterocycles. The largest absolute Gasteiger partial charge is 0.379 e. The number of nitrogens with one attached hydrogen (secondary N) is 2. The number of hydrogen-bond acceptors (Lipinski definition) is 3. The number of rotatable bonds is 7. The van der Waals surface area contributed by atoms with E-state index < -0.39 is 0 Å². The highest BCUT2D eigenvalue weighted by molar-refractivity contribution is 14.0. The molecule has 5 nitrogen and oxygen atoms in total. The Bertz CT molecular complexity index is 344. The summed E-state index contributed by atoms with van der Waals surface area (Å²) < 4.78 is 5.58.